The molecule has 3 amide bonds. The van der Waals surface area contributed by atoms with Crippen LogP contribution in [-0.2, 0) is 20.9 Å². The molecule has 0 radical (unpaired) electrons. The van der Waals surface area contributed by atoms with E-state index >= 15 is 0 Å². The van der Waals surface area contributed by atoms with Gasteiger partial charge >= 0.3 is 6.61 Å². The van der Waals surface area contributed by atoms with Crippen molar-refractivity contribution in [3.63, 3.8) is 0 Å². The highest BCUT2D eigenvalue weighted by molar-refractivity contribution is 6.00. The maximum atomic E-state index is 12.7. The van der Waals surface area contributed by atoms with E-state index in [1.807, 2.05) is 30.3 Å². The van der Waals surface area contributed by atoms with Crippen LogP contribution in [0.4, 0.5) is 14.5 Å². The van der Waals surface area contributed by atoms with E-state index in [0.717, 1.165) is 5.56 Å². The topological polar surface area (TPSA) is 87.7 Å². The summed E-state index contributed by atoms with van der Waals surface area (Å²) in [5.74, 6) is -1.36. The molecule has 1 saturated heterocycles. The fraction of sp³-hybridized carbons (Fsp3) is 0.250. The molecule has 0 spiro atoms. The number of amides is 3. The molecule has 0 bridgehead atoms. The van der Waals surface area contributed by atoms with Crippen LogP contribution in [0, 0.1) is 0 Å². The van der Waals surface area contributed by atoms with Gasteiger partial charge < -0.3 is 20.3 Å². The third-order valence-corrected chi connectivity index (χ3v) is 4.23. The Hall–Kier alpha value is -3.49. The number of nitrogens with zero attached hydrogens (tertiary/aromatic N) is 1. The van der Waals surface area contributed by atoms with Crippen molar-refractivity contribution in [1.82, 2.24) is 10.2 Å². The van der Waals surface area contributed by atoms with Gasteiger partial charge in [-0.05, 0) is 17.7 Å². The van der Waals surface area contributed by atoms with Crippen molar-refractivity contribution >= 4 is 23.4 Å². The zero-order valence-electron chi connectivity index (χ0n) is 15.3. The van der Waals surface area contributed by atoms with E-state index in [1.54, 1.807) is 0 Å². The zero-order chi connectivity index (χ0) is 20.8. The van der Waals surface area contributed by atoms with Gasteiger partial charge in [0.2, 0.25) is 17.7 Å². The van der Waals surface area contributed by atoms with Crippen molar-refractivity contribution in [2.45, 2.75) is 25.6 Å². The van der Waals surface area contributed by atoms with Crippen LogP contribution < -0.4 is 15.4 Å². The minimum absolute atomic E-state index is 0.0845. The molecule has 3 rings (SSSR count). The highest BCUT2D eigenvalue weighted by Crippen LogP contribution is 2.20. The van der Waals surface area contributed by atoms with Gasteiger partial charge in [0.1, 0.15) is 11.8 Å². The number of rotatable bonds is 7. The number of hydrogen-bond acceptors (Lipinski definition) is 4. The second kappa shape index (κ2) is 9.13. The molecule has 0 saturated carbocycles. The van der Waals surface area contributed by atoms with Crippen molar-refractivity contribution in [3.05, 3.63) is 60.2 Å². The van der Waals surface area contributed by atoms with Crippen LogP contribution >= 0.6 is 0 Å². The zero-order valence-corrected chi connectivity index (χ0v) is 15.3. The predicted octanol–water partition coefficient (Wildman–Crippen LogP) is 2.14. The van der Waals surface area contributed by atoms with E-state index in [2.05, 4.69) is 15.4 Å². The van der Waals surface area contributed by atoms with Gasteiger partial charge in [0.05, 0.1) is 13.0 Å². The van der Waals surface area contributed by atoms with Gasteiger partial charge in [-0.25, -0.2) is 0 Å². The number of carbonyl (C=O) groups is 3. The molecule has 9 heteroatoms. The molecule has 152 valence electrons. The summed E-state index contributed by atoms with van der Waals surface area (Å²) in [7, 11) is 0. The molecular formula is C20H19F2N3O4. The lowest BCUT2D eigenvalue weighted by atomic mass is 10.1. The van der Waals surface area contributed by atoms with Crippen LogP contribution in [0.25, 0.3) is 0 Å². The normalized spacial score (nSPS) is 16.5. The number of carbonyl (C=O) groups excluding carboxylic acids is 3. The Morgan fingerprint density at radius 1 is 1.17 bits per heavy atom. The number of halogens is 2. The molecular weight excluding hydrogens is 384 g/mol. The minimum atomic E-state index is -2.98. The molecule has 2 aromatic rings. The molecule has 2 N–H and O–H groups in total. The fourth-order valence-corrected chi connectivity index (χ4v) is 3.00. The van der Waals surface area contributed by atoms with Crippen LogP contribution in [0.15, 0.2) is 54.6 Å². The van der Waals surface area contributed by atoms with E-state index in [-0.39, 0.29) is 42.8 Å². The van der Waals surface area contributed by atoms with Crippen LogP contribution in [0.1, 0.15) is 12.0 Å². The largest absolute Gasteiger partial charge is 0.435 e. The second-order valence-corrected chi connectivity index (χ2v) is 6.46. The molecule has 0 aromatic heterocycles. The van der Waals surface area contributed by atoms with Crippen LogP contribution in [0.3, 0.4) is 0 Å². The smallest absolute Gasteiger partial charge is 0.387 e. The highest BCUT2D eigenvalue weighted by atomic mass is 19.3. The quantitative estimate of drug-likeness (QED) is 0.742. The molecule has 0 aliphatic carbocycles. The summed E-state index contributed by atoms with van der Waals surface area (Å²) in [4.78, 5) is 38.4. The summed E-state index contributed by atoms with van der Waals surface area (Å²) in [6, 6.07) is 13.7. The lowest BCUT2D eigenvalue weighted by Crippen LogP contribution is -2.58. The SMILES string of the molecule is O=C(C[C@H]1NC(=O)CN(Cc2ccccc2)C1=O)Nc1cccc(OC(F)F)c1. The van der Waals surface area contributed by atoms with Crippen molar-refractivity contribution in [3.8, 4) is 5.75 Å². The summed E-state index contributed by atoms with van der Waals surface area (Å²) >= 11 is 0. The lowest BCUT2D eigenvalue weighted by molar-refractivity contribution is -0.145. The number of piperazine rings is 1. The Morgan fingerprint density at radius 3 is 2.66 bits per heavy atom. The number of benzene rings is 2. The summed E-state index contributed by atoms with van der Waals surface area (Å²) in [6.07, 6.45) is -0.282. The fourth-order valence-electron chi connectivity index (χ4n) is 3.00. The van der Waals surface area contributed by atoms with Gasteiger partial charge in [-0.1, -0.05) is 36.4 Å². The van der Waals surface area contributed by atoms with Gasteiger partial charge in [-0.2, -0.15) is 8.78 Å². The summed E-state index contributed by atoms with van der Waals surface area (Å²) in [5, 5.41) is 5.04. The lowest BCUT2D eigenvalue weighted by Gasteiger charge is -2.32. The second-order valence-electron chi connectivity index (χ2n) is 6.46. The van der Waals surface area contributed by atoms with Crippen LogP contribution in [0.2, 0.25) is 0 Å². The van der Waals surface area contributed by atoms with Gasteiger partial charge in [0.25, 0.3) is 0 Å². The van der Waals surface area contributed by atoms with Crippen LogP contribution in [-0.4, -0.2) is 41.8 Å². The van der Waals surface area contributed by atoms with Crippen LogP contribution in [0.5, 0.6) is 5.75 Å². The number of ether oxygens (including phenoxy) is 1. The first-order valence-corrected chi connectivity index (χ1v) is 8.87. The predicted molar refractivity (Wildman–Crippen MR) is 100 cm³/mol. The van der Waals surface area contributed by atoms with E-state index in [1.165, 1.54) is 29.2 Å². The molecule has 29 heavy (non-hydrogen) atoms. The number of alkyl halides is 2. The Balaban J connectivity index is 1.61. The third-order valence-electron chi connectivity index (χ3n) is 4.23. The molecule has 1 atom stereocenters. The van der Waals surface area contributed by atoms with Crippen molar-refractivity contribution < 1.29 is 27.9 Å². The summed E-state index contributed by atoms with van der Waals surface area (Å²) < 4.78 is 28.9. The summed E-state index contributed by atoms with van der Waals surface area (Å²) in [5.41, 5.74) is 1.11. The Bertz CT molecular complexity index is 892. The van der Waals surface area contributed by atoms with Gasteiger partial charge in [0.15, 0.2) is 0 Å². The van der Waals surface area contributed by atoms with Crippen molar-refractivity contribution in [1.29, 1.82) is 0 Å². The van der Waals surface area contributed by atoms with Crippen molar-refractivity contribution in [2.75, 3.05) is 11.9 Å². The minimum Gasteiger partial charge on any atom is -0.435 e. The Morgan fingerprint density at radius 2 is 1.93 bits per heavy atom. The highest BCUT2D eigenvalue weighted by Gasteiger charge is 2.34. The molecule has 2 aromatic carbocycles. The molecule has 7 nitrogen and oxygen atoms in total. The number of anilines is 1. The maximum Gasteiger partial charge on any atom is 0.387 e. The van der Waals surface area contributed by atoms with E-state index in [9.17, 15) is 23.2 Å². The average Bonchev–Trinajstić information content (AvgIpc) is 2.66. The third kappa shape index (κ3) is 5.74. The Kier molecular flexibility index (Phi) is 6.38. The first-order chi connectivity index (χ1) is 13.9. The molecule has 1 aliphatic rings. The summed E-state index contributed by atoms with van der Waals surface area (Å²) in [6.45, 7) is -2.80. The Labute approximate surface area is 165 Å². The van der Waals surface area contributed by atoms with E-state index in [4.69, 9.17) is 0 Å². The van der Waals surface area contributed by atoms with Gasteiger partial charge in [-0.3, -0.25) is 14.4 Å². The van der Waals surface area contributed by atoms with Crippen molar-refractivity contribution in [2.24, 2.45) is 0 Å². The maximum absolute atomic E-state index is 12.7. The van der Waals surface area contributed by atoms with Gasteiger partial charge in [0, 0.05) is 18.3 Å². The standard InChI is InChI=1S/C20H19F2N3O4/c21-20(22)29-15-8-4-7-14(9-15)23-17(26)10-16-19(28)25(12-18(27)24-16)11-13-5-2-1-3-6-13/h1-9,16,20H,10-12H2,(H,23,26)(H,24,27)/t16-/m1/s1. The average molecular weight is 403 g/mol. The molecule has 1 aliphatic heterocycles. The number of hydrogen-bond donors (Lipinski definition) is 2. The van der Waals surface area contributed by atoms with E-state index in [0.29, 0.717) is 0 Å². The van der Waals surface area contributed by atoms with E-state index < -0.39 is 18.6 Å². The first-order valence-electron chi connectivity index (χ1n) is 8.87. The monoisotopic (exact) mass is 403 g/mol. The number of nitrogens with one attached hydrogen (secondary N) is 2. The molecule has 1 fully saturated rings. The molecule has 1 heterocycles. The molecule has 0 unspecified atom stereocenters. The first kappa shape index (κ1) is 20.2. The van der Waals surface area contributed by atoms with Gasteiger partial charge in [-0.15, -0.1) is 0 Å².